The van der Waals surface area contributed by atoms with E-state index in [9.17, 15) is 9.90 Å². The lowest BCUT2D eigenvalue weighted by molar-refractivity contribution is -0.131. The monoisotopic (exact) mass is 340 g/mol. The highest BCUT2D eigenvalue weighted by molar-refractivity contribution is 5.89. The van der Waals surface area contributed by atoms with Gasteiger partial charge in [-0.15, -0.1) is 0 Å². The number of aliphatic carboxylic acids is 1. The molecule has 7 N–H and O–H groups in total. The summed E-state index contributed by atoms with van der Waals surface area (Å²) in [6.07, 6.45) is 1.81. The van der Waals surface area contributed by atoms with Gasteiger partial charge in [-0.1, -0.05) is 24.3 Å². The number of guanidine groups is 1. The molecule has 0 spiro atoms. The molecule has 0 radical (unpaired) electrons. The molecule has 0 fully saturated rings. The van der Waals surface area contributed by atoms with Crippen molar-refractivity contribution < 1.29 is 15.0 Å². The van der Waals surface area contributed by atoms with Crippen LogP contribution >= 0.6 is 0 Å². The lowest BCUT2D eigenvalue weighted by atomic mass is 10.1. The first-order valence-electron chi connectivity index (χ1n) is 7.58. The summed E-state index contributed by atoms with van der Waals surface area (Å²) in [5.74, 6) is -1.18. The fourth-order valence-electron chi connectivity index (χ4n) is 2.23. The van der Waals surface area contributed by atoms with Crippen LogP contribution < -0.4 is 16.4 Å². The maximum atomic E-state index is 10.6. The van der Waals surface area contributed by atoms with Crippen molar-refractivity contribution in [3.05, 3.63) is 65.7 Å². The van der Waals surface area contributed by atoms with Crippen LogP contribution in [0.1, 0.15) is 17.2 Å². The Kier molecular flexibility index (Phi) is 6.14. The average Bonchev–Trinajstić information content (AvgIpc) is 2.58. The van der Waals surface area contributed by atoms with Crippen LogP contribution in [-0.4, -0.2) is 28.7 Å². The second-order valence-electron chi connectivity index (χ2n) is 5.36. The number of hydrogen-bond acceptors (Lipinski definition) is 4. The van der Waals surface area contributed by atoms with E-state index in [0.29, 0.717) is 11.3 Å². The van der Waals surface area contributed by atoms with Gasteiger partial charge in [-0.3, -0.25) is 5.41 Å². The highest BCUT2D eigenvalue weighted by atomic mass is 16.4. The van der Waals surface area contributed by atoms with Crippen LogP contribution in [0.25, 0.3) is 6.08 Å². The standard InChI is InChI=1S/C18H20N4O3/c19-18(20)22-15-6-2-4-13(10-15)16(23)11-21-14-5-1-3-12(9-14)7-8-17(24)25/h1-10,16,21,23H,11H2,(H,24,25)(H4,19,20,22)/b8-7+. The topological polar surface area (TPSA) is 131 Å². The van der Waals surface area contributed by atoms with Crippen LogP contribution in [0.3, 0.4) is 0 Å². The lowest BCUT2D eigenvalue weighted by Gasteiger charge is -2.15. The van der Waals surface area contributed by atoms with Crippen molar-refractivity contribution in [2.45, 2.75) is 6.10 Å². The molecule has 7 heteroatoms. The molecule has 0 saturated carbocycles. The summed E-state index contributed by atoms with van der Waals surface area (Å²) in [6, 6.07) is 14.2. The third kappa shape index (κ3) is 6.00. The predicted octanol–water partition coefficient (Wildman–Crippen LogP) is 2.24. The summed E-state index contributed by atoms with van der Waals surface area (Å²) in [7, 11) is 0. The maximum absolute atomic E-state index is 10.6. The Morgan fingerprint density at radius 1 is 1.20 bits per heavy atom. The summed E-state index contributed by atoms with van der Waals surface area (Å²) in [4.78, 5) is 10.6. The Morgan fingerprint density at radius 3 is 2.64 bits per heavy atom. The van der Waals surface area contributed by atoms with E-state index in [0.717, 1.165) is 17.3 Å². The number of anilines is 2. The van der Waals surface area contributed by atoms with Gasteiger partial charge in [0, 0.05) is 24.0 Å². The summed E-state index contributed by atoms with van der Waals surface area (Å²) in [6.45, 7) is 0.273. The van der Waals surface area contributed by atoms with Crippen LogP contribution in [0, 0.1) is 5.41 Å². The first-order valence-corrected chi connectivity index (χ1v) is 7.58. The Hall–Kier alpha value is -3.32. The van der Waals surface area contributed by atoms with E-state index >= 15 is 0 Å². The minimum absolute atomic E-state index is 0.170. The SMILES string of the molecule is N=C(N)Nc1cccc(C(O)CNc2cccc(/C=C/C(=O)O)c2)c1. The first kappa shape index (κ1) is 18.0. The third-order valence-corrected chi connectivity index (χ3v) is 3.35. The number of aliphatic hydroxyl groups excluding tert-OH is 1. The van der Waals surface area contributed by atoms with Crippen molar-refractivity contribution in [3.8, 4) is 0 Å². The van der Waals surface area contributed by atoms with Crippen molar-refractivity contribution >= 4 is 29.4 Å². The molecule has 2 rings (SSSR count). The second-order valence-corrected chi connectivity index (χ2v) is 5.36. The van der Waals surface area contributed by atoms with Gasteiger partial charge < -0.3 is 26.6 Å². The number of carboxylic acids is 1. The molecule has 1 atom stereocenters. The minimum Gasteiger partial charge on any atom is -0.478 e. The van der Waals surface area contributed by atoms with Crippen LogP contribution in [0.15, 0.2) is 54.6 Å². The quantitative estimate of drug-likeness (QED) is 0.260. The highest BCUT2D eigenvalue weighted by Crippen LogP contribution is 2.19. The lowest BCUT2D eigenvalue weighted by Crippen LogP contribution is -2.20. The molecule has 7 nitrogen and oxygen atoms in total. The zero-order chi connectivity index (χ0) is 18.2. The number of carboxylic acid groups (broad SMARTS) is 1. The zero-order valence-corrected chi connectivity index (χ0v) is 13.4. The molecule has 2 aromatic carbocycles. The van der Waals surface area contributed by atoms with Crippen molar-refractivity contribution in [2.24, 2.45) is 5.73 Å². The van der Waals surface area contributed by atoms with Crippen molar-refractivity contribution in [2.75, 3.05) is 17.2 Å². The molecule has 25 heavy (non-hydrogen) atoms. The van der Waals surface area contributed by atoms with E-state index in [-0.39, 0.29) is 12.5 Å². The summed E-state index contributed by atoms with van der Waals surface area (Å²) in [5.41, 5.74) is 8.12. The molecule has 0 bridgehead atoms. The van der Waals surface area contributed by atoms with Crippen molar-refractivity contribution in [1.29, 1.82) is 5.41 Å². The molecular weight excluding hydrogens is 320 g/mol. The van der Waals surface area contributed by atoms with Gasteiger partial charge in [-0.25, -0.2) is 4.79 Å². The Labute approximate surface area is 145 Å². The van der Waals surface area contributed by atoms with Gasteiger partial charge in [-0.2, -0.15) is 0 Å². The number of benzene rings is 2. The number of carbonyl (C=O) groups is 1. The summed E-state index contributed by atoms with van der Waals surface area (Å²) in [5, 5.41) is 32.0. The van der Waals surface area contributed by atoms with E-state index in [4.69, 9.17) is 16.2 Å². The molecule has 0 saturated heterocycles. The predicted molar refractivity (Wildman–Crippen MR) is 98.5 cm³/mol. The van der Waals surface area contributed by atoms with Gasteiger partial charge in [0.2, 0.25) is 0 Å². The Balaban J connectivity index is 2.00. The summed E-state index contributed by atoms with van der Waals surface area (Å²) >= 11 is 0. The normalized spacial score (nSPS) is 11.9. The van der Waals surface area contributed by atoms with Crippen molar-refractivity contribution in [1.82, 2.24) is 0 Å². The largest absolute Gasteiger partial charge is 0.478 e. The molecule has 0 aliphatic rings. The first-order chi connectivity index (χ1) is 11.9. The van der Waals surface area contributed by atoms with Gasteiger partial charge >= 0.3 is 5.97 Å². The molecule has 1 unspecified atom stereocenters. The highest BCUT2D eigenvalue weighted by Gasteiger charge is 2.08. The van der Waals surface area contributed by atoms with E-state index in [1.165, 1.54) is 6.08 Å². The van der Waals surface area contributed by atoms with E-state index in [1.54, 1.807) is 42.5 Å². The number of nitrogens with one attached hydrogen (secondary N) is 3. The van der Waals surface area contributed by atoms with E-state index in [2.05, 4.69) is 10.6 Å². The molecule has 0 aliphatic carbocycles. The molecule has 0 amide bonds. The molecule has 130 valence electrons. The second kappa shape index (κ2) is 8.51. The number of aliphatic hydroxyl groups is 1. The van der Waals surface area contributed by atoms with Crippen LogP contribution in [0.4, 0.5) is 11.4 Å². The number of nitrogens with two attached hydrogens (primary N) is 1. The molecular formula is C18H20N4O3. The van der Waals surface area contributed by atoms with Crippen molar-refractivity contribution in [3.63, 3.8) is 0 Å². The average molecular weight is 340 g/mol. The smallest absolute Gasteiger partial charge is 0.328 e. The minimum atomic E-state index is -1.01. The maximum Gasteiger partial charge on any atom is 0.328 e. The van der Waals surface area contributed by atoms with Gasteiger partial charge in [0.25, 0.3) is 0 Å². The van der Waals surface area contributed by atoms with E-state index in [1.807, 2.05) is 6.07 Å². The molecule has 0 aromatic heterocycles. The van der Waals surface area contributed by atoms with Crippen LogP contribution in [0.5, 0.6) is 0 Å². The van der Waals surface area contributed by atoms with Gasteiger partial charge in [0.15, 0.2) is 5.96 Å². The van der Waals surface area contributed by atoms with Gasteiger partial charge in [0.1, 0.15) is 0 Å². The van der Waals surface area contributed by atoms with E-state index < -0.39 is 12.1 Å². The Morgan fingerprint density at radius 2 is 1.92 bits per heavy atom. The zero-order valence-electron chi connectivity index (χ0n) is 13.4. The summed E-state index contributed by atoms with van der Waals surface area (Å²) < 4.78 is 0. The third-order valence-electron chi connectivity index (χ3n) is 3.35. The van der Waals surface area contributed by atoms with Crippen LogP contribution in [0.2, 0.25) is 0 Å². The number of hydrogen-bond donors (Lipinski definition) is 6. The fourth-order valence-corrected chi connectivity index (χ4v) is 2.23. The van der Waals surface area contributed by atoms with Gasteiger partial charge in [-0.05, 0) is 41.5 Å². The molecule has 0 aliphatic heterocycles. The Bertz CT molecular complexity index is 789. The van der Waals surface area contributed by atoms with Crippen LogP contribution in [-0.2, 0) is 4.79 Å². The van der Waals surface area contributed by atoms with Gasteiger partial charge in [0.05, 0.1) is 6.10 Å². The number of rotatable bonds is 7. The fraction of sp³-hybridized carbons (Fsp3) is 0.111. The molecule has 2 aromatic rings. The molecule has 0 heterocycles.